The number of fused-ring (bicyclic) bond motifs is 1. The summed E-state index contributed by atoms with van der Waals surface area (Å²) in [5.41, 5.74) is 5.64. The van der Waals surface area contributed by atoms with Crippen molar-refractivity contribution in [1.82, 2.24) is 4.98 Å². The van der Waals surface area contributed by atoms with Crippen LogP contribution in [-0.4, -0.2) is 4.98 Å². The summed E-state index contributed by atoms with van der Waals surface area (Å²) < 4.78 is 13.5. The molecule has 0 aliphatic carbocycles. The lowest BCUT2D eigenvalue weighted by atomic mass is 10.0. The topological polar surface area (TPSA) is 12.9 Å². The summed E-state index contributed by atoms with van der Waals surface area (Å²) in [6.07, 6.45) is 8.83. The number of hydrogen-bond acceptors (Lipinski definition) is 1. The summed E-state index contributed by atoms with van der Waals surface area (Å²) in [6, 6.07) is 23.4. The number of rotatable bonds is 7. The van der Waals surface area contributed by atoms with Crippen LogP contribution in [0.3, 0.4) is 0 Å². The van der Waals surface area contributed by atoms with Gasteiger partial charge in [-0.05, 0) is 84.0 Å². The first-order chi connectivity index (χ1) is 15.7. The van der Waals surface area contributed by atoms with Crippen molar-refractivity contribution in [2.75, 3.05) is 0 Å². The molecule has 0 amide bonds. The fourth-order valence-electron chi connectivity index (χ4n) is 3.86. The molecular weight excluding hydrogens is 393 g/mol. The third-order valence-corrected chi connectivity index (χ3v) is 5.76. The molecule has 160 valence electrons. The monoisotopic (exact) mass is 421 g/mol. The highest BCUT2D eigenvalue weighted by Gasteiger charge is 2.01. The molecule has 4 rings (SSSR count). The van der Waals surface area contributed by atoms with E-state index in [1.807, 2.05) is 24.4 Å². The summed E-state index contributed by atoms with van der Waals surface area (Å²) in [4.78, 5) is 4.64. The van der Waals surface area contributed by atoms with Crippen molar-refractivity contribution in [1.29, 1.82) is 0 Å². The molecule has 1 nitrogen and oxygen atoms in total. The predicted octanol–water partition coefficient (Wildman–Crippen LogP) is 7.29. The summed E-state index contributed by atoms with van der Waals surface area (Å²) >= 11 is 0. The average Bonchev–Trinajstić information content (AvgIpc) is 2.83. The Labute approximate surface area is 190 Å². The minimum Gasteiger partial charge on any atom is -0.261 e. The molecule has 3 aromatic carbocycles. The van der Waals surface area contributed by atoms with Crippen molar-refractivity contribution >= 4 is 10.8 Å². The molecule has 0 aliphatic heterocycles. The van der Waals surface area contributed by atoms with E-state index in [0.717, 1.165) is 46.9 Å². The highest BCUT2D eigenvalue weighted by molar-refractivity contribution is 5.88. The van der Waals surface area contributed by atoms with Gasteiger partial charge in [-0.3, -0.25) is 4.98 Å². The van der Waals surface area contributed by atoms with Gasteiger partial charge in [0.05, 0.1) is 0 Å². The van der Waals surface area contributed by atoms with Crippen LogP contribution in [0.2, 0.25) is 0 Å². The molecule has 0 unspecified atom stereocenters. The fraction of sp³-hybridized carbons (Fsp3) is 0.233. The lowest BCUT2D eigenvalue weighted by Gasteiger charge is -2.04. The second-order valence-corrected chi connectivity index (χ2v) is 8.23. The van der Waals surface area contributed by atoms with Gasteiger partial charge in [0, 0.05) is 23.0 Å². The zero-order chi connectivity index (χ0) is 22.2. The van der Waals surface area contributed by atoms with Crippen LogP contribution in [0.1, 0.15) is 54.1 Å². The van der Waals surface area contributed by atoms with Gasteiger partial charge < -0.3 is 0 Å². The number of unbranched alkanes of at least 4 members (excludes halogenated alkanes) is 2. The zero-order valence-electron chi connectivity index (χ0n) is 18.6. The molecule has 0 saturated carbocycles. The van der Waals surface area contributed by atoms with E-state index in [2.05, 4.69) is 60.1 Å². The van der Waals surface area contributed by atoms with Crippen molar-refractivity contribution in [3.8, 4) is 11.8 Å². The summed E-state index contributed by atoms with van der Waals surface area (Å²) in [5, 5.41) is 1.84. The van der Waals surface area contributed by atoms with Crippen molar-refractivity contribution < 1.29 is 4.39 Å². The number of aromatic nitrogens is 1. The molecule has 0 aliphatic rings. The van der Waals surface area contributed by atoms with Gasteiger partial charge in [-0.15, -0.1) is 0 Å². The molecule has 0 atom stereocenters. The third-order valence-electron chi connectivity index (χ3n) is 5.76. The van der Waals surface area contributed by atoms with E-state index < -0.39 is 0 Å². The Morgan fingerprint density at radius 1 is 0.781 bits per heavy atom. The van der Waals surface area contributed by atoms with Crippen LogP contribution in [0, 0.1) is 17.7 Å². The van der Waals surface area contributed by atoms with Gasteiger partial charge in [0.15, 0.2) is 0 Å². The number of halogens is 1. The Morgan fingerprint density at radius 3 is 2.41 bits per heavy atom. The summed E-state index contributed by atoms with van der Waals surface area (Å²) in [7, 11) is 0. The van der Waals surface area contributed by atoms with Crippen LogP contribution >= 0.6 is 0 Å². The molecule has 0 bridgehead atoms. The molecule has 0 N–H and O–H groups in total. The molecule has 1 heterocycles. The van der Waals surface area contributed by atoms with Gasteiger partial charge in [0.1, 0.15) is 5.82 Å². The highest BCUT2D eigenvalue weighted by atomic mass is 19.1. The molecule has 4 aromatic rings. The molecule has 1 aromatic heterocycles. The van der Waals surface area contributed by atoms with Crippen molar-refractivity contribution in [3.05, 3.63) is 113 Å². The van der Waals surface area contributed by atoms with E-state index in [9.17, 15) is 4.39 Å². The van der Waals surface area contributed by atoms with Crippen LogP contribution in [0.25, 0.3) is 10.8 Å². The minimum absolute atomic E-state index is 0.226. The second-order valence-electron chi connectivity index (χ2n) is 8.23. The van der Waals surface area contributed by atoms with Crippen LogP contribution in [0.5, 0.6) is 0 Å². The van der Waals surface area contributed by atoms with Gasteiger partial charge in [-0.1, -0.05) is 68.0 Å². The number of pyridine rings is 1. The van der Waals surface area contributed by atoms with Crippen LogP contribution in [0.15, 0.2) is 79.0 Å². The molecule has 0 radical (unpaired) electrons. The Balaban J connectivity index is 1.36. The van der Waals surface area contributed by atoms with E-state index >= 15 is 0 Å². The number of nitrogens with zero attached hydrogens (tertiary/aromatic N) is 1. The fourth-order valence-corrected chi connectivity index (χ4v) is 3.86. The molecule has 0 fully saturated rings. The standard InChI is InChI=1S/C30H28FN/c1-2-3-4-6-25-15-19-29(32-22-25)18-14-24-11-9-23(10-12-24)13-16-26-7-5-8-27-21-28(31)17-20-30(26)27/h5,7-12,15,17,19-22H,2-4,6,14,18H2,1H3. The first-order valence-electron chi connectivity index (χ1n) is 11.4. The van der Waals surface area contributed by atoms with E-state index in [1.165, 1.54) is 36.5 Å². The highest BCUT2D eigenvalue weighted by Crippen LogP contribution is 2.19. The maximum atomic E-state index is 13.5. The molecule has 2 heteroatoms. The average molecular weight is 422 g/mol. The molecular formula is C30H28FN. The van der Waals surface area contributed by atoms with E-state index in [1.54, 1.807) is 12.1 Å². The van der Waals surface area contributed by atoms with Gasteiger partial charge in [-0.25, -0.2) is 4.39 Å². The second kappa shape index (κ2) is 10.7. The third kappa shape index (κ3) is 5.83. The quantitative estimate of drug-likeness (QED) is 0.225. The Kier molecular flexibility index (Phi) is 7.31. The van der Waals surface area contributed by atoms with Gasteiger partial charge in [0.25, 0.3) is 0 Å². The molecule has 32 heavy (non-hydrogen) atoms. The van der Waals surface area contributed by atoms with Gasteiger partial charge >= 0.3 is 0 Å². The van der Waals surface area contributed by atoms with E-state index in [-0.39, 0.29) is 5.82 Å². The maximum Gasteiger partial charge on any atom is 0.123 e. The Morgan fingerprint density at radius 2 is 1.62 bits per heavy atom. The minimum atomic E-state index is -0.226. The number of aryl methyl sites for hydroxylation is 3. The normalized spacial score (nSPS) is 10.7. The smallest absolute Gasteiger partial charge is 0.123 e. The lowest BCUT2D eigenvalue weighted by Crippen LogP contribution is -1.96. The van der Waals surface area contributed by atoms with E-state index in [4.69, 9.17) is 0 Å². The zero-order valence-corrected chi connectivity index (χ0v) is 18.6. The number of benzene rings is 3. The predicted molar refractivity (Wildman–Crippen MR) is 131 cm³/mol. The maximum absolute atomic E-state index is 13.5. The number of hydrogen-bond donors (Lipinski definition) is 0. The first-order valence-corrected chi connectivity index (χ1v) is 11.4. The van der Waals surface area contributed by atoms with Crippen LogP contribution in [0.4, 0.5) is 4.39 Å². The largest absolute Gasteiger partial charge is 0.261 e. The van der Waals surface area contributed by atoms with E-state index in [0.29, 0.717) is 0 Å². The molecule has 0 spiro atoms. The first kappa shape index (κ1) is 21.8. The van der Waals surface area contributed by atoms with Crippen molar-refractivity contribution in [3.63, 3.8) is 0 Å². The lowest BCUT2D eigenvalue weighted by molar-refractivity contribution is 0.630. The summed E-state index contributed by atoms with van der Waals surface area (Å²) in [6.45, 7) is 2.23. The van der Waals surface area contributed by atoms with Gasteiger partial charge in [-0.2, -0.15) is 0 Å². The Hall–Kier alpha value is -3.44. The van der Waals surface area contributed by atoms with Gasteiger partial charge in [0.2, 0.25) is 0 Å². The van der Waals surface area contributed by atoms with Crippen molar-refractivity contribution in [2.24, 2.45) is 0 Å². The molecule has 0 saturated heterocycles. The Bertz CT molecular complexity index is 1230. The van der Waals surface area contributed by atoms with Crippen molar-refractivity contribution in [2.45, 2.75) is 45.4 Å². The summed E-state index contributed by atoms with van der Waals surface area (Å²) in [5.74, 6) is 6.26. The SMILES string of the molecule is CCCCCc1ccc(CCc2ccc(C#Cc3cccc4cc(F)ccc34)cc2)nc1. The van der Waals surface area contributed by atoms with Crippen LogP contribution < -0.4 is 0 Å². The van der Waals surface area contributed by atoms with Crippen LogP contribution in [-0.2, 0) is 19.3 Å².